The lowest BCUT2D eigenvalue weighted by atomic mass is 10.2. The number of hydrogen-bond donors (Lipinski definition) is 1. The third kappa shape index (κ3) is 3.84. The molecule has 110 valence electrons. The van der Waals surface area contributed by atoms with Crippen molar-refractivity contribution in [3.8, 4) is 0 Å². The van der Waals surface area contributed by atoms with Gasteiger partial charge < -0.3 is 5.11 Å². The van der Waals surface area contributed by atoms with Crippen LogP contribution in [-0.2, 0) is 5.75 Å². The number of nitrogens with zero attached hydrogens (tertiary/aromatic N) is 3. The van der Waals surface area contributed by atoms with Gasteiger partial charge in [-0.25, -0.2) is 19.7 Å². The number of carboxylic acid groups (broad SMARTS) is 1. The van der Waals surface area contributed by atoms with Gasteiger partial charge in [-0.05, 0) is 25.5 Å². The van der Waals surface area contributed by atoms with Crippen molar-refractivity contribution in [1.29, 1.82) is 0 Å². The van der Waals surface area contributed by atoms with Crippen molar-refractivity contribution < 1.29 is 9.90 Å². The average molecular weight is 344 g/mol. The van der Waals surface area contributed by atoms with Crippen LogP contribution in [0.3, 0.4) is 0 Å². The van der Waals surface area contributed by atoms with Crippen LogP contribution in [0, 0.1) is 13.8 Å². The molecule has 0 saturated carbocycles. The summed E-state index contributed by atoms with van der Waals surface area (Å²) in [6.45, 7) is 3.37. The summed E-state index contributed by atoms with van der Waals surface area (Å²) in [5, 5.41) is 10.3. The Morgan fingerprint density at radius 3 is 2.57 bits per heavy atom. The fourth-order valence-corrected chi connectivity index (χ4v) is 3.32. The number of hydrogen-bond acceptors (Lipinski definition) is 5. The van der Waals surface area contributed by atoms with Crippen molar-refractivity contribution in [3.63, 3.8) is 0 Å². The van der Waals surface area contributed by atoms with Crippen molar-refractivity contribution in [2.75, 3.05) is 0 Å². The molecular formula is C13H11Cl2N3O2S. The van der Waals surface area contributed by atoms with E-state index in [0.717, 1.165) is 5.56 Å². The van der Waals surface area contributed by atoms with Gasteiger partial charge in [0.1, 0.15) is 26.7 Å². The Balaban J connectivity index is 2.29. The summed E-state index contributed by atoms with van der Waals surface area (Å²) in [6, 6.07) is 3.39. The van der Waals surface area contributed by atoms with E-state index in [-0.39, 0.29) is 5.56 Å². The minimum atomic E-state index is -1.05. The first-order valence-electron chi connectivity index (χ1n) is 5.90. The van der Waals surface area contributed by atoms with Gasteiger partial charge in [-0.15, -0.1) is 11.8 Å². The van der Waals surface area contributed by atoms with Gasteiger partial charge in [-0.3, -0.25) is 0 Å². The summed E-state index contributed by atoms with van der Waals surface area (Å²) in [5.41, 5.74) is 1.32. The highest BCUT2D eigenvalue weighted by Crippen LogP contribution is 2.29. The van der Waals surface area contributed by atoms with E-state index in [4.69, 9.17) is 23.2 Å². The van der Waals surface area contributed by atoms with Crippen LogP contribution in [0.25, 0.3) is 0 Å². The van der Waals surface area contributed by atoms with E-state index in [2.05, 4.69) is 15.0 Å². The summed E-state index contributed by atoms with van der Waals surface area (Å²) in [7, 11) is 0. The molecule has 1 N–H and O–H groups in total. The lowest BCUT2D eigenvalue weighted by Gasteiger charge is -2.09. The van der Waals surface area contributed by atoms with E-state index in [9.17, 15) is 9.90 Å². The number of carbonyl (C=O) groups is 1. The second-order valence-electron chi connectivity index (χ2n) is 4.21. The highest BCUT2D eigenvalue weighted by Gasteiger charge is 2.18. The van der Waals surface area contributed by atoms with Crippen molar-refractivity contribution >= 4 is 40.9 Å². The van der Waals surface area contributed by atoms with Gasteiger partial charge in [0.15, 0.2) is 0 Å². The topological polar surface area (TPSA) is 76.0 Å². The van der Waals surface area contributed by atoms with Crippen LogP contribution in [0.2, 0.25) is 10.3 Å². The molecule has 0 spiro atoms. The van der Waals surface area contributed by atoms with E-state index in [1.807, 2.05) is 0 Å². The molecule has 21 heavy (non-hydrogen) atoms. The summed E-state index contributed by atoms with van der Waals surface area (Å²) < 4.78 is 0. The smallest absolute Gasteiger partial charge is 0.340 e. The lowest BCUT2D eigenvalue weighted by molar-refractivity contribution is 0.0690. The van der Waals surface area contributed by atoms with Gasteiger partial charge >= 0.3 is 5.97 Å². The predicted octanol–water partition coefficient (Wildman–Crippen LogP) is 3.79. The summed E-state index contributed by atoms with van der Waals surface area (Å²) in [5.74, 6) is -0.0743. The minimum absolute atomic E-state index is 0.114. The fourth-order valence-electron chi connectivity index (χ4n) is 1.73. The molecule has 0 saturated heterocycles. The van der Waals surface area contributed by atoms with Gasteiger partial charge in [-0.2, -0.15) is 0 Å². The second-order valence-corrected chi connectivity index (χ2v) is 5.92. The zero-order valence-electron chi connectivity index (χ0n) is 11.2. The second kappa shape index (κ2) is 6.60. The Hall–Kier alpha value is -1.37. The van der Waals surface area contributed by atoms with E-state index in [1.165, 1.54) is 11.8 Å². The van der Waals surface area contributed by atoms with Crippen LogP contribution >= 0.6 is 35.0 Å². The molecule has 0 unspecified atom stereocenters. The van der Waals surface area contributed by atoms with Crippen LogP contribution < -0.4 is 0 Å². The molecule has 8 heteroatoms. The first kappa shape index (κ1) is 16.0. The first-order valence-corrected chi connectivity index (χ1v) is 7.65. The number of aryl methyl sites for hydroxylation is 2. The quantitative estimate of drug-likeness (QED) is 0.517. The number of aromatic nitrogens is 3. The zero-order valence-corrected chi connectivity index (χ0v) is 13.6. The SMILES string of the molecule is Cc1nc(C)c(C(=O)O)c(SCc2ccc(Cl)nc2Cl)n1. The molecule has 0 aliphatic rings. The molecule has 0 radical (unpaired) electrons. The van der Waals surface area contributed by atoms with Crippen LogP contribution in [0.15, 0.2) is 17.2 Å². The maximum atomic E-state index is 11.3. The summed E-state index contributed by atoms with van der Waals surface area (Å²) in [6.07, 6.45) is 0. The highest BCUT2D eigenvalue weighted by molar-refractivity contribution is 7.98. The Morgan fingerprint density at radius 2 is 1.95 bits per heavy atom. The molecule has 5 nitrogen and oxygen atoms in total. The molecule has 0 aliphatic carbocycles. The molecule has 2 rings (SSSR count). The van der Waals surface area contributed by atoms with E-state index in [1.54, 1.807) is 26.0 Å². The van der Waals surface area contributed by atoms with E-state index in [0.29, 0.717) is 32.6 Å². The number of rotatable bonds is 4. The number of thioether (sulfide) groups is 1. The Bertz CT molecular complexity index is 710. The van der Waals surface area contributed by atoms with Gasteiger partial charge in [-0.1, -0.05) is 29.3 Å². The Labute approximate surface area is 135 Å². The van der Waals surface area contributed by atoms with Gasteiger partial charge in [0.2, 0.25) is 0 Å². The molecule has 0 atom stereocenters. The number of aromatic carboxylic acids is 1. The largest absolute Gasteiger partial charge is 0.478 e. The minimum Gasteiger partial charge on any atom is -0.478 e. The van der Waals surface area contributed by atoms with Crippen LogP contribution in [-0.4, -0.2) is 26.0 Å². The monoisotopic (exact) mass is 343 g/mol. The molecule has 0 fully saturated rings. The number of pyridine rings is 1. The van der Waals surface area contributed by atoms with E-state index < -0.39 is 5.97 Å². The molecule has 2 heterocycles. The summed E-state index contributed by atoms with van der Waals surface area (Å²) in [4.78, 5) is 23.6. The normalized spacial score (nSPS) is 10.7. The maximum absolute atomic E-state index is 11.3. The fraction of sp³-hybridized carbons (Fsp3) is 0.231. The molecule has 0 aliphatic heterocycles. The predicted molar refractivity (Wildman–Crippen MR) is 82.3 cm³/mol. The van der Waals surface area contributed by atoms with Gasteiger partial charge in [0, 0.05) is 5.75 Å². The third-order valence-electron chi connectivity index (χ3n) is 2.64. The molecule has 0 bridgehead atoms. The molecule has 0 aromatic carbocycles. The van der Waals surface area contributed by atoms with Crippen molar-refractivity contribution in [1.82, 2.24) is 15.0 Å². The zero-order chi connectivity index (χ0) is 15.6. The molecule has 2 aromatic rings. The molecule has 2 aromatic heterocycles. The van der Waals surface area contributed by atoms with E-state index >= 15 is 0 Å². The summed E-state index contributed by atoms with van der Waals surface area (Å²) >= 11 is 13.0. The first-order chi connectivity index (χ1) is 9.88. The van der Waals surface area contributed by atoms with Crippen LogP contribution in [0.5, 0.6) is 0 Å². The lowest BCUT2D eigenvalue weighted by Crippen LogP contribution is -2.08. The maximum Gasteiger partial charge on any atom is 0.340 e. The Kier molecular flexibility index (Phi) is 5.03. The third-order valence-corrected chi connectivity index (χ3v) is 4.20. The van der Waals surface area contributed by atoms with Crippen LogP contribution in [0.1, 0.15) is 27.4 Å². The highest BCUT2D eigenvalue weighted by atomic mass is 35.5. The standard InChI is InChI=1S/C13H11Cl2N3O2S/c1-6-10(13(19)20)12(17-7(2)16-6)21-5-8-3-4-9(14)18-11(8)15/h3-4H,5H2,1-2H3,(H,19,20). The van der Waals surface area contributed by atoms with Crippen molar-refractivity contribution in [2.24, 2.45) is 0 Å². The Morgan fingerprint density at radius 1 is 1.24 bits per heavy atom. The van der Waals surface area contributed by atoms with Crippen LogP contribution in [0.4, 0.5) is 0 Å². The molecule has 0 amide bonds. The van der Waals surface area contributed by atoms with Crippen molar-refractivity contribution in [2.45, 2.75) is 24.6 Å². The average Bonchev–Trinajstić information content (AvgIpc) is 2.36. The van der Waals surface area contributed by atoms with Crippen molar-refractivity contribution in [3.05, 3.63) is 45.1 Å². The number of carboxylic acids is 1. The number of halogens is 2. The molecular weight excluding hydrogens is 333 g/mol. The van der Waals surface area contributed by atoms with Gasteiger partial charge in [0.25, 0.3) is 0 Å². The van der Waals surface area contributed by atoms with Gasteiger partial charge in [0.05, 0.1) is 5.69 Å².